The molecule has 3 aromatic rings. The van der Waals surface area contributed by atoms with E-state index in [-0.39, 0.29) is 24.0 Å². The Morgan fingerprint density at radius 3 is 2.14 bits per heavy atom. The van der Waals surface area contributed by atoms with Crippen LogP contribution in [0, 0.1) is 0 Å². The molecule has 1 N–H and O–H groups in total. The van der Waals surface area contributed by atoms with Gasteiger partial charge in [0.2, 0.25) is 0 Å². The lowest BCUT2D eigenvalue weighted by Gasteiger charge is -2.19. The highest BCUT2D eigenvalue weighted by molar-refractivity contribution is 5.87. The first-order chi connectivity index (χ1) is 13.6. The number of carboxylic acids is 1. The fraction of sp³-hybridized carbons (Fsp3) is 0.143. The highest BCUT2D eigenvalue weighted by atomic mass is 16.6. The van der Waals surface area contributed by atoms with Gasteiger partial charge in [-0.1, -0.05) is 48.5 Å². The number of benzene rings is 2. The van der Waals surface area contributed by atoms with E-state index in [0.717, 1.165) is 28.5 Å². The first kappa shape index (κ1) is 17.7. The van der Waals surface area contributed by atoms with Crippen LogP contribution in [0.5, 0.6) is 0 Å². The van der Waals surface area contributed by atoms with E-state index in [1.165, 1.54) is 18.1 Å². The second kappa shape index (κ2) is 7.11. The lowest BCUT2D eigenvalue weighted by molar-refractivity contribution is 0.0690. The predicted octanol–water partition coefficient (Wildman–Crippen LogP) is 3.56. The Labute approximate surface area is 161 Å². The number of carboxylic acid groups (broad SMARTS) is 1. The van der Waals surface area contributed by atoms with Crippen LogP contribution < -0.4 is 4.90 Å². The molecule has 1 heterocycles. The fourth-order valence-electron chi connectivity index (χ4n) is 3.39. The summed E-state index contributed by atoms with van der Waals surface area (Å²) in [5.41, 5.74) is 4.38. The van der Waals surface area contributed by atoms with Crippen molar-refractivity contribution >= 4 is 17.9 Å². The van der Waals surface area contributed by atoms with E-state index in [4.69, 9.17) is 9.84 Å². The molecule has 0 radical (unpaired) electrons. The molecule has 7 heteroatoms. The molecule has 0 bridgehead atoms. The van der Waals surface area contributed by atoms with Gasteiger partial charge in [-0.15, -0.1) is 0 Å². The van der Waals surface area contributed by atoms with Crippen LogP contribution in [0.15, 0.2) is 60.9 Å². The van der Waals surface area contributed by atoms with Gasteiger partial charge in [-0.25, -0.2) is 19.6 Å². The van der Waals surface area contributed by atoms with Crippen molar-refractivity contribution in [2.24, 2.45) is 0 Å². The number of hydrogen-bond donors (Lipinski definition) is 1. The number of amides is 1. The van der Waals surface area contributed by atoms with Crippen LogP contribution in [-0.4, -0.2) is 40.8 Å². The number of aromatic carboxylic acids is 1. The molecule has 28 heavy (non-hydrogen) atoms. The van der Waals surface area contributed by atoms with Gasteiger partial charge in [0.15, 0.2) is 11.5 Å². The van der Waals surface area contributed by atoms with Gasteiger partial charge in [-0.3, -0.25) is 4.90 Å². The summed E-state index contributed by atoms with van der Waals surface area (Å²) in [6.45, 7) is 0.192. The summed E-state index contributed by atoms with van der Waals surface area (Å²) in [6.07, 6.45) is 1.75. The summed E-state index contributed by atoms with van der Waals surface area (Å²) < 4.78 is 5.54. The van der Waals surface area contributed by atoms with Gasteiger partial charge in [0.05, 0.1) is 12.4 Å². The maximum absolute atomic E-state index is 12.5. The number of carbonyl (C=O) groups excluding carboxylic acids is 1. The SMILES string of the molecule is CN(C(=O)OCC1c2ccccc2-c2ccccc21)c1cnc(C(=O)O)cn1. The Balaban J connectivity index is 1.50. The van der Waals surface area contributed by atoms with Gasteiger partial charge in [-0.05, 0) is 22.3 Å². The minimum Gasteiger partial charge on any atom is -0.476 e. The van der Waals surface area contributed by atoms with E-state index in [1.54, 1.807) is 0 Å². The number of ether oxygens (including phenoxy) is 1. The topological polar surface area (TPSA) is 92.6 Å². The lowest BCUT2D eigenvalue weighted by atomic mass is 9.98. The van der Waals surface area contributed by atoms with Gasteiger partial charge in [0.1, 0.15) is 6.61 Å². The molecule has 7 nitrogen and oxygen atoms in total. The summed E-state index contributed by atoms with van der Waals surface area (Å²) in [5, 5.41) is 8.88. The Morgan fingerprint density at radius 1 is 1.00 bits per heavy atom. The summed E-state index contributed by atoms with van der Waals surface area (Å²) in [7, 11) is 1.50. The van der Waals surface area contributed by atoms with Crippen LogP contribution in [0.3, 0.4) is 0 Å². The standard InChI is InChI=1S/C21H17N3O4/c1-24(19-11-22-18(10-23-19)20(25)26)21(27)28-12-17-15-8-4-2-6-13(15)14-7-3-5-9-16(14)17/h2-11,17H,12H2,1H3,(H,25,26). The third-order valence-corrected chi connectivity index (χ3v) is 4.81. The van der Waals surface area contributed by atoms with Crippen molar-refractivity contribution in [2.45, 2.75) is 5.92 Å². The predicted molar refractivity (Wildman–Crippen MR) is 102 cm³/mol. The second-order valence-electron chi connectivity index (χ2n) is 6.43. The van der Waals surface area contributed by atoms with Crippen LogP contribution in [0.4, 0.5) is 10.6 Å². The normalized spacial score (nSPS) is 12.2. The molecule has 2 aromatic carbocycles. The maximum atomic E-state index is 12.5. The number of hydrogen-bond acceptors (Lipinski definition) is 5. The molecule has 0 aliphatic heterocycles. The van der Waals surface area contributed by atoms with Gasteiger partial charge < -0.3 is 9.84 Å². The van der Waals surface area contributed by atoms with Crippen molar-refractivity contribution in [1.82, 2.24) is 9.97 Å². The fourth-order valence-corrected chi connectivity index (χ4v) is 3.39. The van der Waals surface area contributed by atoms with Crippen molar-refractivity contribution in [3.8, 4) is 11.1 Å². The number of anilines is 1. The molecule has 140 valence electrons. The van der Waals surface area contributed by atoms with Crippen molar-refractivity contribution < 1.29 is 19.4 Å². The molecule has 1 aliphatic carbocycles. The van der Waals surface area contributed by atoms with Gasteiger partial charge >= 0.3 is 12.1 Å². The summed E-state index contributed by atoms with van der Waals surface area (Å²) in [4.78, 5) is 32.2. The molecular weight excluding hydrogens is 358 g/mol. The molecule has 1 aliphatic rings. The van der Waals surface area contributed by atoms with Crippen LogP contribution in [-0.2, 0) is 4.74 Å². The Bertz CT molecular complexity index is 1000. The number of carbonyl (C=O) groups is 2. The van der Waals surface area contributed by atoms with E-state index in [1.807, 2.05) is 36.4 Å². The number of rotatable bonds is 4. The van der Waals surface area contributed by atoms with Crippen LogP contribution in [0.2, 0.25) is 0 Å². The van der Waals surface area contributed by atoms with Gasteiger partial charge in [0.25, 0.3) is 0 Å². The minimum absolute atomic E-state index is 0.0368. The lowest BCUT2D eigenvalue weighted by Crippen LogP contribution is -2.29. The minimum atomic E-state index is -1.18. The van der Waals surface area contributed by atoms with E-state index in [0.29, 0.717) is 0 Å². The Hall–Kier alpha value is -3.74. The Kier molecular flexibility index (Phi) is 4.49. The van der Waals surface area contributed by atoms with Gasteiger partial charge in [0, 0.05) is 13.0 Å². The number of aromatic nitrogens is 2. The molecule has 1 aromatic heterocycles. The average Bonchev–Trinajstić information content (AvgIpc) is 3.05. The number of nitrogens with zero attached hydrogens (tertiary/aromatic N) is 3. The monoisotopic (exact) mass is 375 g/mol. The van der Waals surface area contributed by atoms with Crippen LogP contribution in [0.25, 0.3) is 11.1 Å². The summed E-state index contributed by atoms with van der Waals surface area (Å²) in [5.74, 6) is -1.00. The largest absolute Gasteiger partial charge is 0.476 e. The van der Waals surface area contributed by atoms with E-state index >= 15 is 0 Å². The summed E-state index contributed by atoms with van der Waals surface area (Å²) >= 11 is 0. The zero-order valence-corrected chi connectivity index (χ0v) is 15.1. The second-order valence-corrected chi connectivity index (χ2v) is 6.43. The molecule has 0 atom stereocenters. The molecular formula is C21H17N3O4. The van der Waals surface area contributed by atoms with Crippen molar-refractivity contribution in [3.63, 3.8) is 0 Å². The molecule has 0 saturated carbocycles. The molecule has 0 unspecified atom stereocenters. The molecule has 0 saturated heterocycles. The summed E-state index contributed by atoms with van der Waals surface area (Å²) in [6, 6.07) is 16.2. The van der Waals surface area contributed by atoms with Crippen molar-refractivity contribution in [2.75, 3.05) is 18.6 Å². The first-order valence-electron chi connectivity index (χ1n) is 8.70. The van der Waals surface area contributed by atoms with E-state index < -0.39 is 12.1 Å². The Morgan fingerprint density at radius 2 is 1.61 bits per heavy atom. The first-order valence-corrected chi connectivity index (χ1v) is 8.70. The zero-order valence-electron chi connectivity index (χ0n) is 15.1. The van der Waals surface area contributed by atoms with E-state index in [9.17, 15) is 9.59 Å². The van der Waals surface area contributed by atoms with Crippen LogP contribution in [0.1, 0.15) is 27.5 Å². The van der Waals surface area contributed by atoms with Crippen molar-refractivity contribution in [3.05, 3.63) is 77.7 Å². The molecule has 1 amide bonds. The highest BCUT2D eigenvalue weighted by Gasteiger charge is 2.29. The highest BCUT2D eigenvalue weighted by Crippen LogP contribution is 2.44. The zero-order chi connectivity index (χ0) is 19.7. The molecule has 4 rings (SSSR count). The third-order valence-electron chi connectivity index (χ3n) is 4.81. The molecule has 0 fully saturated rings. The van der Waals surface area contributed by atoms with E-state index in [2.05, 4.69) is 22.1 Å². The average molecular weight is 375 g/mol. The maximum Gasteiger partial charge on any atom is 0.415 e. The van der Waals surface area contributed by atoms with Gasteiger partial charge in [-0.2, -0.15) is 0 Å². The van der Waals surface area contributed by atoms with Crippen LogP contribution >= 0.6 is 0 Å². The number of fused-ring (bicyclic) bond motifs is 3. The smallest absolute Gasteiger partial charge is 0.415 e. The molecule has 0 spiro atoms. The van der Waals surface area contributed by atoms with Crippen molar-refractivity contribution in [1.29, 1.82) is 0 Å². The quantitative estimate of drug-likeness (QED) is 0.749. The third kappa shape index (κ3) is 3.07.